The highest BCUT2D eigenvalue weighted by Crippen LogP contribution is 2.31. The van der Waals surface area contributed by atoms with Crippen molar-refractivity contribution < 1.29 is 13.3 Å². The summed E-state index contributed by atoms with van der Waals surface area (Å²) in [6.45, 7) is 2.10. The van der Waals surface area contributed by atoms with Gasteiger partial charge in [0, 0.05) is 12.6 Å². The van der Waals surface area contributed by atoms with Gasteiger partial charge in [-0.3, -0.25) is 14.8 Å². The van der Waals surface area contributed by atoms with Gasteiger partial charge in [0.25, 0.3) is 10.0 Å². The first kappa shape index (κ1) is 18.2. The number of pyridine rings is 1. The highest BCUT2D eigenvalue weighted by Gasteiger charge is 2.23. The number of halogens is 2. The molecule has 2 aromatic rings. The van der Waals surface area contributed by atoms with Gasteiger partial charge in [0.1, 0.15) is 10.7 Å². The molecule has 0 spiro atoms. The zero-order valence-corrected chi connectivity index (χ0v) is 14.6. The quantitative estimate of drug-likeness (QED) is 0.575. The second-order valence-electron chi connectivity index (χ2n) is 4.51. The van der Waals surface area contributed by atoms with Crippen LogP contribution in [-0.2, 0) is 10.0 Å². The molecule has 0 atom stereocenters. The molecule has 0 amide bonds. The topological polar surface area (TPSA) is 114 Å². The van der Waals surface area contributed by atoms with Gasteiger partial charge in [-0.05, 0) is 25.1 Å². The largest absolute Gasteiger partial charge is 0.365 e. The van der Waals surface area contributed by atoms with Crippen LogP contribution in [0.3, 0.4) is 0 Å². The van der Waals surface area contributed by atoms with Crippen LogP contribution in [-0.4, -0.2) is 24.9 Å². The minimum absolute atomic E-state index is 0.0482. The predicted octanol–water partition coefficient (Wildman–Crippen LogP) is 3.53. The Hall–Kier alpha value is -2.10. The van der Waals surface area contributed by atoms with Crippen molar-refractivity contribution in [3.05, 3.63) is 50.5 Å². The molecule has 2 rings (SSSR count). The molecule has 0 aliphatic rings. The van der Waals surface area contributed by atoms with Gasteiger partial charge in [-0.2, -0.15) is 0 Å². The van der Waals surface area contributed by atoms with Crippen LogP contribution in [0.2, 0.25) is 10.0 Å². The maximum atomic E-state index is 12.5. The summed E-state index contributed by atoms with van der Waals surface area (Å²) in [4.78, 5) is 14.0. The van der Waals surface area contributed by atoms with E-state index in [0.29, 0.717) is 6.54 Å². The van der Waals surface area contributed by atoms with Crippen molar-refractivity contribution >= 4 is 50.5 Å². The summed E-state index contributed by atoms with van der Waals surface area (Å²) in [5.41, 5.74) is -0.268. The van der Waals surface area contributed by atoms with E-state index in [2.05, 4.69) is 15.0 Å². The highest BCUT2D eigenvalue weighted by atomic mass is 35.5. The Labute approximate surface area is 148 Å². The van der Waals surface area contributed by atoms with Gasteiger partial charge in [-0.15, -0.1) is 0 Å². The minimum Gasteiger partial charge on any atom is -0.365 e. The molecule has 0 saturated carbocycles. The normalized spacial score (nSPS) is 11.1. The van der Waals surface area contributed by atoms with Crippen molar-refractivity contribution in [1.82, 2.24) is 4.98 Å². The Morgan fingerprint density at radius 1 is 1.21 bits per heavy atom. The van der Waals surface area contributed by atoms with E-state index in [4.69, 9.17) is 23.2 Å². The first-order chi connectivity index (χ1) is 11.3. The van der Waals surface area contributed by atoms with Crippen molar-refractivity contribution in [2.45, 2.75) is 11.8 Å². The Morgan fingerprint density at radius 2 is 1.83 bits per heavy atom. The van der Waals surface area contributed by atoms with E-state index >= 15 is 0 Å². The Bertz CT molecular complexity index is 869. The SMILES string of the molecule is CCNc1nc(NS(=O)(=O)c2c(Cl)cccc2Cl)ccc1[N+](=O)[O-]. The molecule has 24 heavy (non-hydrogen) atoms. The molecule has 0 saturated heterocycles. The molecule has 0 radical (unpaired) electrons. The molecule has 128 valence electrons. The molecule has 0 aliphatic heterocycles. The second-order valence-corrected chi connectivity index (χ2v) is 6.94. The third-order valence-electron chi connectivity index (χ3n) is 2.84. The molecule has 0 fully saturated rings. The van der Waals surface area contributed by atoms with Gasteiger partial charge < -0.3 is 5.32 Å². The number of nitrogens with one attached hydrogen (secondary N) is 2. The fourth-order valence-corrected chi connectivity index (χ4v) is 4.03. The third kappa shape index (κ3) is 3.86. The first-order valence-electron chi connectivity index (χ1n) is 6.62. The summed E-state index contributed by atoms with van der Waals surface area (Å²) in [6, 6.07) is 6.61. The van der Waals surface area contributed by atoms with Gasteiger partial charge in [0.15, 0.2) is 0 Å². The summed E-state index contributed by atoms with van der Waals surface area (Å²) in [5, 5.41) is 13.6. The lowest BCUT2D eigenvalue weighted by atomic mass is 10.3. The maximum absolute atomic E-state index is 12.5. The number of nitro groups is 1. The van der Waals surface area contributed by atoms with Crippen LogP contribution in [0.15, 0.2) is 35.2 Å². The molecule has 1 aromatic heterocycles. The van der Waals surface area contributed by atoms with Crippen LogP contribution < -0.4 is 10.0 Å². The average Bonchev–Trinajstić information content (AvgIpc) is 2.46. The summed E-state index contributed by atoms with van der Waals surface area (Å²) < 4.78 is 27.1. The Kier molecular flexibility index (Phi) is 5.47. The Morgan fingerprint density at radius 3 is 2.38 bits per heavy atom. The summed E-state index contributed by atoms with van der Waals surface area (Å²) in [6.07, 6.45) is 0. The monoisotopic (exact) mass is 390 g/mol. The molecular formula is C13H12Cl2N4O4S. The van der Waals surface area contributed by atoms with Crippen LogP contribution >= 0.6 is 23.2 Å². The van der Waals surface area contributed by atoms with Crippen molar-refractivity contribution in [2.24, 2.45) is 0 Å². The van der Waals surface area contributed by atoms with Crippen LogP contribution in [0.1, 0.15) is 6.92 Å². The standard InChI is InChI=1S/C13H12Cl2N4O4S/c1-2-16-13-10(19(20)21)6-7-11(17-13)18-24(22,23)12-8(14)4-3-5-9(12)15/h3-7H,2H2,1H3,(H2,16,17,18). The van der Waals surface area contributed by atoms with Gasteiger partial charge >= 0.3 is 5.69 Å². The molecule has 8 nitrogen and oxygen atoms in total. The average molecular weight is 391 g/mol. The lowest BCUT2D eigenvalue weighted by Crippen LogP contribution is -2.16. The smallest absolute Gasteiger partial charge is 0.311 e. The van der Waals surface area contributed by atoms with E-state index in [-0.39, 0.29) is 32.3 Å². The van der Waals surface area contributed by atoms with E-state index in [1.165, 1.54) is 24.3 Å². The number of hydrogen-bond donors (Lipinski definition) is 2. The van der Waals surface area contributed by atoms with Crippen LogP contribution in [0, 0.1) is 10.1 Å². The fourth-order valence-electron chi connectivity index (χ4n) is 1.88. The first-order valence-corrected chi connectivity index (χ1v) is 8.86. The van der Waals surface area contributed by atoms with Crippen molar-refractivity contribution in [3.8, 4) is 0 Å². The van der Waals surface area contributed by atoms with E-state index < -0.39 is 14.9 Å². The number of rotatable bonds is 6. The van der Waals surface area contributed by atoms with E-state index in [1.54, 1.807) is 6.92 Å². The predicted molar refractivity (Wildman–Crippen MR) is 92.3 cm³/mol. The van der Waals surface area contributed by atoms with Crippen LogP contribution in [0.5, 0.6) is 0 Å². The lowest BCUT2D eigenvalue weighted by molar-refractivity contribution is -0.384. The van der Waals surface area contributed by atoms with E-state index in [9.17, 15) is 18.5 Å². The zero-order chi connectivity index (χ0) is 17.9. The van der Waals surface area contributed by atoms with E-state index in [0.717, 1.165) is 6.07 Å². The second kappa shape index (κ2) is 7.20. The van der Waals surface area contributed by atoms with Crippen LogP contribution in [0.4, 0.5) is 17.3 Å². The lowest BCUT2D eigenvalue weighted by Gasteiger charge is -2.11. The number of aromatic nitrogens is 1. The maximum Gasteiger partial charge on any atom is 0.311 e. The number of sulfonamides is 1. The molecule has 2 N–H and O–H groups in total. The van der Waals surface area contributed by atoms with Crippen molar-refractivity contribution in [3.63, 3.8) is 0 Å². The van der Waals surface area contributed by atoms with Gasteiger partial charge in [0.05, 0.1) is 15.0 Å². The number of hydrogen-bond acceptors (Lipinski definition) is 6. The third-order valence-corrected chi connectivity index (χ3v) is 5.15. The van der Waals surface area contributed by atoms with Gasteiger partial charge in [-0.1, -0.05) is 29.3 Å². The molecule has 0 unspecified atom stereocenters. The van der Waals surface area contributed by atoms with E-state index in [1.807, 2.05) is 0 Å². The summed E-state index contributed by atoms with van der Waals surface area (Å²) >= 11 is 11.8. The van der Waals surface area contributed by atoms with Crippen molar-refractivity contribution in [2.75, 3.05) is 16.6 Å². The zero-order valence-electron chi connectivity index (χ0n) is 12.3. The summed E-state index contributed by atoms with van der Waals surface area (Å²) in [5.74, 6) is -0.152. The number of nitrogens with zero attached hydrogens (tertiary/aromatic N) is 2. The van der Waals surface area contributed by atoms with Gasteiger partial charge in [0.2, 0.25) is 5.82 Å². The molecular weight excluding hydrogens is 379 g/mol. The Balaban J connectivity index is 2.43. The molecule has 1 heterocycles. The molecule has 1 aromatic carbocycles. The fraction of sp³-hybridized carbons (Fsp3) is 0.154. The van der Waals surface area contributed by atoms with Crippen LogP contribution in [0.25, 0.3) is 0 Å². The molecule has 11 heteroatoms. The minimum atomic E-state index is -4.11. The summed E-state index contributed by atoms with van der Waals surface area (Å²) in [7, 11) is -4.11. The number of benzene rings is 1. The molecule has 0 aliphatic carbocycles. The van der Waals surface area contributed by atoms with Crippen molar-refractivity contribution in [1.29, 1.82) is 0 Å². The highest BCUT2D eigenvalue weighted by molar-refractivity contribution is 7.93. The molecule has 0 bridgehead atoms. The number of anilines is 2. The van der Waals surface area contributed by atoms with Gasteiger partial charge in [-0.25, -0.2) is 13.4 Å².